The van der Waals surface area contributed by atoms with Crippen molar-refractivity contribution >= 4 is 5.78 Å². The van der Waals surface area contributed by atoms with Crippen LogP contribution >= 0.6 is 0 Å². The van der Waals surface area contributed by atoms with E-state index in [1.54, 1.807) is 0 Å². The summed E-state index contributed by atoms with van der Waals surface area (Å²) in [4.78, 5) is 14.2. The first kappa shape index (κ1) is 11.8. The van der Waals surface area contributed by atoms with Gasteiger partial charge in [-0.2, -0.15) is 0 Å². The first-order chi connectivity index (χ1) is 8.72. The molecule has 0 radical (unpaired) electrons. The second-order valence-electron chi connectivity index (χ2n) is 5.28. The van der Waals surface area contributed by atoms with Crippen LogP contribution < -0.4 is 5.32 Å². The Morgan fingerprint density at radius 2 is 1.78 bits per heavy atom. The highest BCUT2D eigenvalue weighted by Crippen LogP contribution is 2.22. The standard InChI is InChI=1S/C14H17FN2O/c15-13-3-1-10(2-4-13)7-17-8-11-5-16-6-12(9-17)14(11)18/h1-4,11-12,16H,5-9H2. The molecule has 0 aromatic heterocycles. The molecular formula is C14H17FN2O. The number of fused-ring (bicyclic) bond motifs is 2. The zero-order valence-corrected chi connectivity index (χ0v) is 10.2. The maximum atomic E-state index is 12.8. The molecule has 0 spiro atoms. The first-order valence-electron chi connectivity index (χ1n) is 6.43. The quantitative estimate of drug-likeness (QED) is 0.849. The number of piperidine rings is 2. The number of likely N-dealkylation sites (tertiary alicyclic amines) is 1. The molecule has 1 N–H and O–H groups in total. The van der Waals surface area contributed by atoms with Crippen molar-refractivity contribution in [1.29, 1.82) is 0 Å². The van der Waals surface area contributed by atoms with E-state index in [9.17, 15) is 9.18 Å². The Labute approximate surface area is 106 Å². The van der Waals surface area contributed by atoms with E-state index >= 15 is 0 Å². The molecule has 2 unspecified atom stereocenters. The molecule has 2 aliphatic rings. The number of halogens is 1. The third-order valence-corrected chi connectivity index (χ3v) is 3.86. The second kappa shape index (κ2) is 4.78. The molecule has 4 heteroatoms. The lowest BCUT2D eigenvalue weighted by atomic mass is 9.84. The third kappa shape index (κ3) is 2.31. The summed E-state index contributed by atoms with van der Waals surface area (Å²) in [6.07, 6.45) is 0. The number of carbonyl (C=O) groups is 1. The van der Waals surface area contributed by atoms with Gasteiger partial charge in [-0.1, -0.05) is 12.1 Å². The van der Waals surface area contributed by atoms with Crippen molar-refractivity contribution in [2.24, 2.45) is 11.8 Å². The van der Waals surface area contributed by atoms with Gasteiger partial charge in [0.2, 0.25) is 0 Å². The van der Waals surface area contributed by atoms with Gasteiger partial charge in [-0.05, 0) is 17.7 Å². The van der Waals surface area contributed by atoms with Crippen molar-refractivity contribution in [1.82, 2.24) is 10.2 Å². The van der Waals surface area contributed by atoms with E-state index in [2.05, 4.69) is 10.2 Å². The largest absolute Gasteiger partial charge is 0.315 e. The van der Waals surface area contributed by atoms with Crippen molar-refractivity contribution < 1.29 is 9.18 Å². The minimum absolute atomic E-state index is 0.137. The van der Waals surface area contributed by atoms with Crippen LogP contribution in [0.5, 0.6) is 0 Å². The molecule has 96 valence electrons. The third-order valence-electron chi connectivity index (χ3n) is 3.86. The van der Waals surface area contributed by atoms with Gasteiger partial charge in [0.15, 0.2) is 0 Å². The average Bonchev–Trinajstić information content (AvgIpc) is 2.33. The summed E-state index contributed by atoms with van der Waals surface area (Å²) in [6.45, 7) is 4.05. The van der Waals surface area contributed by atoms with Crippen LogP contribution in [0.4, 0.5) is 4.39 Å². The molecule has 2 heterocycles. The summed E-state index contributed by atoms with van der Waals surface area (Å²) in [6, 6.07) is 6.62. The summed E-state index contributed by atoms with van der Waals surface area (Å²) in [5, 5.41) is 3.31. The van der Waals surface area contributed by atoms with E-state index in [0.29, 0.717) is 5.78 Å². The van der Waals surface area contributed by atoms with Gasteiger partial charge in [0.05, 0.1) is 0 Å². The Morgan fingerprint density at radius 1 is 1.17 bits per heavy atom. The topological polar surface area (TPSA) is 32.3 Å². The SMILES string of the molecule is O=C1C2CNCC1CN(Cc1ccc(F)cc1)C2. The highest BCUT2D eigenvalue weighted by Gasteiger charge is 2.37. The fourth-order valence-electron chi connectivity index (χ4n) is 2.95. The Kier molecular flexibility index (Phi) is 3.14. The van der Waals surface area contributed by atoms with E-state index in [1.807, 2.05) is 12.1 Å². The highest BCUT2D eigenvalue weighted by atomic mass is 19.1. The Bertz CT molecular complexity index is 430. The van der Waals surface area contributed by atoms with Crippen LogP contribution in [-0.4, -0.2) is 36.9 Å². The molecule has 1 aromatic rings. The van der Waals surface area contributed by atoms with Crippen molar-refractivity contribution in [3.63, 3.8) is 0 Å². The fraction of sp³-hybridized carbons (Fsp3) is 0.500. The molecule has 1 aromatic carbocycles. The van der Waals surface area contributed by atoms with Gasteiger partial charge in [0.1, 0.15) is 11.6 Å². The van der Waals surface area contributed by atoms with Crippen LogP contribution in [0.3, 0.4) is 0 Å². The van der Waals surface area contributed by atoms with Gasteiger partial charge in [0, 0.05) is 44.6 Å². The molecule has 2 atom stereocenters. The van der Waals surface area contributed by atoms with Crippen LogP contribution in [0.1, 0.15) is 5.56 Å². The van der Waals surface area contributed by atoms with Crippen LogP contribution in [0.15, 0.2) is 24.3 Å². The summed E-state index contributed by atoms with van der Waals surface area (Å²) in [5.74, 6) is 0.494. The minimum atomic E-state index is -0.200. The maximum Gasteiger partial charge on any atom is 0.144 e. The van der Waals surface area contributed by atoms with Crippen LogP contribution in [0, 0.1) is 17.7 Å². The van der Waals surface area contributed by atoms with Gasteiger partial charge in [-0.25, -0.2) is 4.39 Å². The van der Waals surface area contributed by atoms with E-state index in [4.69, 9.17) is 0 Å². The number of hydrogen-bond donors (Lipinski definition) is 1. The van der Waals surface area contributed by atoms with Crippen molar-refractivity contribution in [2.75, 3.05) is 26.2 Å². The lowest BCUT2D eigenvalue weighted by Gasteiger charge is -2.40. The van der Waals surface area contributed by atoms with Crippen LogP contribution in [0.25, 0.3) is 0 Å². The lowest BCUT2D eigenvalue weighted by molar-refractivity contribution is -0.133. The zero-order valence-electron chi connectivity index (χ0n) is 10.2. The second-order valence-corrected chi connectivity index (χ2v) is 5.28. The number of Topliss-reactive ketones (excluding diaryl/α,β-unsaturated/α-hetero) is 1. The number of rotatable bonds is 2. The van der Waals surface area contributed by atoms with Crippen molar-refractivity contribution in [2.45, 2.75) is 6.54 Å². The average molecular weight is 248 g/mol. The zero-order chi connectivity index (χ0) is 12.5. The van der Waals surface area contributed by atoms with Gasteiger partial charge in [-0.15, -0.1) is 0 Å². The minimum Gasteiger partial charge on any atom is -0.315 e. The van der Waals surface area contributed by atoms with Crippen LogP contribution in [-0.2, 0) is 11.3 Å². The number of ketones is 1. The summed E-state index contributed by atoms with van der Waals surface area (Å²) >= 11 is 0. The maximum absolute atomic E-state index is 12.8. The van der Waals surface area contributed by atoms with Gasteiger partial charge in [0.25, 0.3) is 0 Å². The number of nitrogens with one attached hydrogen (secondary N) is 1. The monoisotopic (exact) mass is 248 g/mol. The number of benzene rings is 1. The molecule has 2 aliphatic heterocycles. The lowest BCUT2D eigenvalue weighted by Crippen LogP contribution is -2.56. The first-order valence-corrected chi connectivity index (χ1v) is 6.43. The van der Waals surface area contributed by atoms with Gasteiger partial charge in [-0.3, -0.25) is 9.69 Å². The summed E-state index contributed by atoms with van der Waals surface area (Å²) in [5.41, 5.74) is 1.11. The van der Waals surface area contributed by atoms with Crippen molar-refractivity contribution in [3.05, 3.63) is 35.6 Å². The molecule has 2 saturated heterocycles. The normalized spacial score (nSPS) is 28.4. The van der Waals surface area contributed by atoms with Crippen molar-refractivity contribution in [3.8, 4) is 0 Å². The van der Waals surface area contributed by atoms with Gasteiger partial charge >= 0.3 is 0 Å². The smallest absolute Gasteiger partial charge is 0.144 e. The van der Waals surface area contributed by atoms with Crippen LogP contribution in [0.2, 0.25) is 0 Å². The number of hydrogen-bond acceptors (Lipinski definition) is 3. The molecule has 0 saturated carbocycles. The highest BCUT2D eigenvalue weighted by molar-refractivity contribution is 5.85. The molecular weight excluding hydrogens is 231 g/mol. The Morgan fingerprint density at radius 3 is 2.39 bits per heavy atom. The number of carbonyl (C=O) groups excluding carboxylic acids is 1. The molecule has 0 amide bonds. The summed E-state index contributed by atoms with van der Waals surface area (Å²) < 4.78 is 12.8. The van der Waals surface area contributed by atoms with E-state index < -0.39 is 0 Å². The number of nitrogens with zero attached hydrogens (tertiary/aromatic N) is 1. The predicted molar refractivity (Wildman–Crippen MR) is 66.5 cm³/mol. The van der Waals surface area contributed by atoms with E-state index in [-0.39, 0.29) is 17.7 Å². The molecule has 2 fully saturated rings. The molecule has 3 rings (SSSR count). The summed E-state index contributed by atoms with van der Waals surface area (Å²) in [7, 11) is 0. The van der Waals surface area contributed by atoms with E-state index in [1.165, 1.54) is 12.1 Å². The predicted octanol–water partition coefficient (Wildman–Crippen LogP) is 1.05. The van der Waals surface area contributed by atoms with Gasteiger partial charge < -0.3 is 5.32 Å². The molecule has 2 bridgehead atoms. The Balaban J connectivity index is 1.67. The van der Waals surface area contributed by atoms with E-state index in [0.717, 1.165) is 38.3 Å². The fourth-order valence-corrected chi connectivity index (χ4v) is 2.95. The Hall–Kier alpha value is -1.26. The molecule has 3 nitrogen and oxygen atoms in total. The molecule has 18 heavy (non-hydrogen) atoms. The molecule has 0 aliphatic carbocycles.